The van der Waals surface area contributed by atoms with E-state index in [0.717, 1.165) is 41.9 Å². The zero-order valence-corrected chi connectivity index (χ0v) is 20.2. The molecule has 0 bridgehead atoms. The normalized spacial score (nSPS) is 17.3. The van der Waals surface area contributed by atoms with Gasteiger partial charge in [0.2, 0.25) is 0 Å². The molecule has 0 aliphatic carbocycles. The number of nitrogens with zero attached hydrogens (tertiary/aromatic N) is 5. The number of amides is 1. The Labute approximate surface area is 210 Å². The second-order valence-electron chi connectivity index (χ2n) is 10.1. The molecule has 2 fully saturated rings. The van der Waals surface area contributed by atoms with Crippen molar-refractivity contribution in [3.05, 3.63) is 90.0 Å². The van der Waals surface area contributed by atoms with Crippen LogP contribution in [0.5, 0.6) is 0 Å². The Morgan fingerprint density at radius 1 is 1.00 bits per heavy atom. The van der Waals surface area contributed by atoms with Gasteiger partial charge in [0.1, 0.15) is 5.65 Å². The van der Waals surface area contributed by atoms with E-state index in [2.05, 4.69) is 49.8 Å². The first-order valence-corrected chi connectivity index (χ1v) is 12.5. The van der Waals surface area contributed by atoms with Gasteiger partial charge < -0.3 is 9.47 Å². The van der Waals surface area contributed by atoms with Gasteiger partial charge in [-0.2, -0.15) is 0 Å². The molecule has 36 heavy (non-hydrogen) atoms. The van der Waals surface area contributed by atoms with Gasteiger partial charge in [-0.05, 0) is 60.2 Å². The Bertz CT molecular complexity index is 1350. The summed E-state index contributed by atoms with van der Waals surface area (Å²) in [6.07, 6.45) is 8.37. The molecule has 2 aliphatic rings. The summed E-state index contributed by atoms with van der Waals surface area (Å²) in [6, 6.07) is 17.7. The average molecular weight is 483 g/mol. The fourth-order valence-electron chi connectivity index (χ4n) is 5.68. The zero-order valence-electron chi connectivity index (χ0n) is 20.2. The minimum absolute atomic E-state index is 0.424. The van der Waals surface area contributed by atoms with Crippen molar-refractivity contribution in [3.8, 4) is 0 Å². The third-order valence-electron chi connectivity index (χ3n) is 7.68. The summed E-state index contributed by atoms with van der Waals surface area (Å²) in [4.78, 5) is 25.8. The maximum Gasteiger partial charge on any atom is 0.274 e. The molecule has 5 heterocycles. The predicted octanol–water partition coefficient (Wildman–Crippen LogP) is 3.70. The highest BCUT2D eigenvalue weighted by atomic mass is 16.5. The van der Waals surface area contributed by atoms with Gasteiger partial charge in [-0.15, -0.1) is 0 Å². The van der Waals surface area contributed by atoms with Crippen LogP contribution in [0.4, 0.5) is 5.69 Å². The van der Waals surface area contributed by atoms with Gasteiger partial charge in [-0.1, -0.05) is 18.2 Å². The Morgan fingerprint density at radius 3 is 2.53 bits per heavy atom. The average Bonchev–Trinajstić information content (AvgIpc) is 3.30. The van der Waals surface area contributed by atoms with Gasteiger partial charge in [-0.3, -0.25) is 19.9 Å². The highest BCUT2D eigenvalue weighted by Gasteiger charge is 2.44. The Kier molecular flexibility index (Phi) is 5.91. The number of anilines is 1. The van der Waals surface area contributed by atoms with Crippen LogP contribution in [0.15, 0.2) is 73.2 Å². The number of likely N-dealkylation sites (tertiary alicyclic amines) is 1. The molecule has 0 unspecified atom stereocenters. The molecule has 8 heteroatoms. The molecule has 184 valence electrons. The van der Waals surface area contributed by atoms with Crippen molar-refractivity contribution < 1.29 is 10.0 Å². The van der Waals surface area contributed by atoms with Gasteiger partial charge in [0.25, 0.3) is 5.91 Å². The SMILES string of the molecule is O=C(NO)c1ccc(Cn2ccc3cc(N4CCC5(CC4)CN(Cc4ccccn4)C5)cnc32)cc1. The lowest BCUT2D eigenvalue weighted by Gasteiger charge is -2.54. The lowest BCUT2D eigenvalue weighted by atomic mass is 9.72. The molecule has 3 aromatic heterocycles. The maximum absolute atomic E-state index is 11.5. The number of benzene rings is 1. The zero-order chi connectivity index (χ0) is 24.5. The molecular weight excluding hydrogens is 452 g/mol. The summed E-state index contributed by atoms with van der Waals surface area (Å²) in [5.41, 5.74) is 6.91. The molecule has 6 rings (SSSR count). The van der Waals surface area contributed by atoms with Crippen LogP contribution in [-0.4, -0.2) is 56.7 Å². The van der Waals surface area contributed by atoms with Crippen LogP contribution in [-0.2, 0) is 13.1 Å². The van der Waals surface area contributed by atoms with Crippen LogP contribution in [0.3, 0.4) is 0 Å². The second-order valence-corrected chi connectivity index (χ2v) is 10.1. The van der Waals surface area contributed by atoms with E-state index in [0.29, 0.717) is 17.5 Å². The van der Waals surface area contributed by atoms with Crippen molar-refractivity contribution >= 4 is 22.6 Å². The molecule has 2 aliphatic heterocycles. The first-order chi connectivity index (χ1) is 17.6. The highest BCUT2D eigenvalue weighted by molar-refractivity contribution is 5.93. The van der Waals surface area contributed by atoms with Gasteiger partial charge in [-0.25, -0.2) is 10.5 Å². The van der Waals surface area contributed by atoms with Crippen LogP contribution in [0.1, 0.15) is 34.5 Å². The molecule has 0 saturated carbocycles. The Hall–Kier alpha value is -3.75. The van der Waals surface area contributed by atoms with Gasteiger partial charge in [0.15, 0.2) is 0 Å². The monoisotopic (exact) mass is 482 g/mol. The van der Waals surface area contributed by atoms with Crippen LogP contribution in [0.25, 0.3) is 11.0 Å². The molecular formula is C28H30N6O2. The van der Waals surface area contributed by atoms with E-state index in [1.807, 2.05) is 30.6 Å². The quantitative estimate of drug-likeness (QED) is 0.322. The third kappa shape index (κ3) is 4.45. The van der Waals surface area contributed by atoms with Crippen LogP contribution in [0, 0.1) is 5.41 Å². The number of fused-ring (bicyclic) bond motifs is 1. The van der Waals surface area contributed by atoms with Crippen molar-refractivity contribution in [2.75, 3.05) is 31.1 Å². The number of carbonyl (C=O) groups is 1. The summed E-state index contributed by atoms with van der Waals surface area (Å²) in [5.74, 6) is -0.509. The number of nitrogens with one attached hydrogen (secondary N) is 1. The standard InChI is InChI=1S/C28H30N6O2/c35-27(31-36)22-6-4-21(5-7-22)17-34-12-8-23-15-25(16-30-26(23)34)33-13-9-28(10-14-33)19-32(20-28)18-24-3-1-2-11-29-24/h1-8,11-12,15-16,36H,9-10,13-14,17-20H2,(H,31,35). The number of hydrogen-bond acceptors (Lipinski definition) is 6. The van der Waals surface area contributed by atoms with E-state index in [1.54, 1.807) is 17.6 Å². The lowest BCUT2D eigenvalue weighted by Crippen LogP contribution is -2.59. The summed E-state index contributed by atoms with van der Waals surface area (Å²) >= 11 is 0. The number of piperidine rings is 1. The molecule has 1 aromatic carbocycles. The molecule has 8 nitrogen and oxygen atoms in total. The lowest BCUT2D eigenvalue weighted by molar-refractivity contribution is -0.0247. The fraction of sp³-hybridized carbons (Fsp3) is 0.321. The number of hydrogen-bond donors (Lipinski definition) is 2. The molecule has 0 atom stereocenters. The number of aromatic nitrogens is 3. The fourth-order valence-corrected chi connectivity index (χ4v) is 5.68. The molecule has 1 amide bonds. The van der Waals surface area contributed by atoms with Gasteiger partial charge >= 0.3 is 0 Å². The molecule has 1 spiro atoms. The van der Waals surface area contributed by atoms with E-state index in [9.17, 15) is 4.79 Å². The molecule has 4 aromatic rings. The Morgan fingerprint density at radius 2 is 1.81 bits per heavy atom. The van der Waals surface area contributed by atoms with Crippen LogP contribution in [0.2, 0.25) is 0 Å². The summed E-state index contributed by atoms with van der Waals surface area (Å²) in [5, 5.41) is 9.92. The topological polar surface area (TPSA) is 86.5 Å². The number of pyridine rings is 2. The van der Waals surface area contributed by atoms with Gasteiger partial charge in [0.05, 0.1) is 17.6 Å². The van der Waals surface area contributed by atoms with Crippen LogP contribution < -0.4 is 10.4 Å². The van der Waals surface area contributed by atoms with E-state index in [4.69, 9.17) is 10.2 Å². The first-order valence-electron chi connectivity index (χ1n) is 12.5. The van der Waals surface area contributed by atoms with E-state index in [1.165, 1.54) is 31.6 Å². The second kappa shape index (κ2) is 9.37. The maximum atomic E-state index is 11.5. The Balaban J connectivity index is 1.07. The number of rotatable bonds is 6. The smallest absolute Gasteiger partial charge is 0.274 e. The van der Waals surface area contributed by atoms with Crippen molar-refractivity contribution in [1.82, 2.24) is 24.9 Å². The molecule has 0 radical (unpaired) electrons. The van der Waals surface area contributed by atoms with E-state index < -0.39 is 5.91 Å². The minimum Gasteiger partial charge on any atom is -0.370 e. The number of hydroxylamine groups is 1. The predicted molar refractivity (Wildman–Crippen MR) is 138 cm³/mol. The van der Waals surface area contributed by atoms with Crippen molar-refractivity contribution in [3.63, 3.8) is 0 Å². The first kappa shape index (κ1) is 22.7. The largest absolute Gasteiger partial charge is 0.370 e. The minimum atomic E-state index is -0.509. The summed E-state index contributed by atoms with van der Waals surface area (Å²) in [7, 11) is 0. The van der Waals surface area contributed by atoms with E-state index in [-0.39, 0.29) is 0 Å². The summed E-state index contributed by atoms with van der Waals surface area (Å²) in [6.45, 7) is 6.09. The highest BCUT2D eigenvalue weighted by Crippen LogP contribution is 2.42. The van der Waals surface area contributed by atoms with Crippen molar-refractivity contribution in [1.29, 1.82) is 0 Å². The van der Waals surface area contributed by atoms with Crippen LogP contribution >= 0.6 is 0 Å². The van der Waals surface area contributed by atoms with Gasteiger partial charge in [0, 0.05) is 62.6 Å². The molecule has 2 saturated heterocycles. The number of carbonyl (C=O) groups excluding carboxylic acids is 1. The third-order valence-corrected chi connectivity index (χ3v) is 7.68. The summed E-state index contributed by atoms with van der Waals surface area (Å²) < 4.78 is 2.12. The van der Waals surface area contributed by atoms with Crippen molar-refractivity contribution in [2.24, 2.45) is 5.41 Å². The molecule has 2 N–H and O–H groups in total. The van der Waals surface area contributed by atoms with E-state index >= 15 is 0 Å². The van der Waals surface area contributed by atoms with Crippen molar-refractivity contribution in [2.45, 2.75) is 25.9 Å².